The highest BCUT2D eigenvalue weighted by atomic mass is 79.9. The Morgan fingerprint density at radius 2 is 1.97 bits per heavy atom. The summed E-state index contributed by atoms with van der Waals surface area (Å²) >= 11 is 3.48. The van der Waals surface area contributed by atoms with Crippen molar-refractivity contribution in [3.63, 3.8) is 0 Å². The Balaban J connectivity index is 1.84. The second-order valence-electron chi connectivity index (χ2n) is 6.87. The van der Waals surface area contributed by atoms with E-state index in [0.717, 1.165) is 38.8 Å². The summed E-state index contributed by atoms with van der Waals surface area (Å²) in [5.74, 6) is 0. The molecule has 0 saturated heterocycles. The lowest BCUT2D eigenvalue weighted by Gasteiger charge is -2.35. The van der Waals surface area contributed by atoms with E-state index in [1.807, 2.05) is 18.2 Å². The number of carbonyl (C=O) groups is 1. The zero-order valence-electron chi connectivity index (χ0n) is 15.5. The predicted octanol–water partition coefficient (Wildman–Crippen LogP) is 6.05. The topological polar surface area (TPSA) is 45.3 Å². The van der Waals surface area contributed by atoms with Crippen LogP contribution in [0, 0.1) is 0 Å². The van der Waals surface area contributed by atoms with Gasteiger partial charge in [-0.1, -0.05) is 28.1 Å². The van der Waals surface area contributed by atoms with Gasteiger partial charge in [-0.15, -0.1) is 0 Å². The monoisotopic (exact) mass is 466 g/mol. The van der Waals surface area contributed by atoms with Crippen molar-refractivity contribution in [2.45, 2.75) is 25.6 Å². The van der Waals surface area contributed by atoms with Crippen LogP contribution in [0.5, 0.6) is 0 Å². The van der Waals surface area contributed by atoms with Crippen LogP contribution >= 0.6 is 15.9 Å². The highest BCUT2D eigenvalue weighted by Gasteiger charge is 2.36. The number of fused-ring (bicyclic) bond motifs is 3. The van der Waals surface area contributed by atoms with E-state index in [4.69, 9.17) is 4.74 Å². The fraction of sp³-hybridized carbons (Fsp3) is 0.286. The second-order valence-corrected chi connectivity index (χ2v) is 7.79. The highest BCUT2D eigenvalue weighted by molar-refractivity contribution is 9.10. The molecule has 2 heterocycles. The SMILES string of the molecule is CCOC(=O)N1CCc2c([nH]c3ccc(Br)cc23)C1c1ccc(C(F)(F)F)cc1. The molecule has 0 aliphatic carbocycles. The molecule has 0 spiro atoms. The van der Waals surface area contributed by atoms with Crippen LogP contribution in [0.4, 0.5) is 18.0 Å². The fourth-order valence-corrected chi connectivity index (χ4v) is 4.23. The second kappa shape index (κ2) is 7.40. The van der Waals surface area contributed by atoms with Crippen molar-refractivity contribution in [2.24, 2.45) is 0 Å². The van der Waals surface area contributed by atoms with Gasteiger partial charge < -0.3 is 9.72 Å². The Morgan fingerprint density at radius 3 is 2.62 bits per heavy atom. The number of aromatic nitrogens is 1. The maximum Gasteiger partial charge on any atom is 0.416 e. The number of alkyl halides is 3. The first kappa shape index (κ1) is 19.8. The first-order chi connectivity index (χ1) is 13.8. The van der Waals surface area contributed by atoms with Gasteiger partial charge in [-0.05, 0) is 54.8 Å². The number of rotatable bonds is 2. The van der Waals surface area contributed by atoms with Crippen molar-refractivity contribution in [3.8, 4) is 0 Å². The molecule has 3 aromatic rings. The minimum absolute atomic E-state index is 0.224. The van der Waals surface area contributed by atoms with E-state index in [1.54, 1.807) is 11.8 Å². The van der Waals surface area contributed by atoms with Gasteiger partial charge in [-0.3, -0.25) is 4.90 Å². The number of nitrogens with zero attached hydrogens (tertiary/aromatic N) is 1. The van der Waals surface area contributed by atoms with Crippen molar-refractivity contribution in [2.75, 3.05) is 13.2 Å². The molecule has 1 N–H and O–H groups in total. The zero-order chi connectivity index (χ0) is 20.8. The first-order valence-corrected chi connectivity index (χ1v) is 9.99. The number of benzene rings is 2. The van der Waals surface area contributed by atoms with Crippen LogP contribution < -0.4 is 0 Å². The van der Waals surface area contributed by atoms with Crippen molar-refractivity contribution < 1.29 is 22.7 Å². The number of H-pyrrole nitrogens is 1. The molecule has 1 aromatic heterocycles. The maximum atomic E-state index is 13.0. The summed E-state index contributed by atoms with van der Waals surface area (Å²) in [5, 5.41) is 1.04. The Labute approximate surface area is 173 Å². The number of hydrogen-bond acceptors (Lipinski definition) is 2. The quantitative estimate of drug-likeness (QED) is 0.499. The summed E-state index contributed by atoms with van der Waals surface area (Å²) in [5.41, 5.74) is 2.66. The van der Waals surface area contributed by atoms with Gasteiger partial charge in [-0.2, -0.15) is 13.2 Å². The number of nitrogens with one attached hydrogen (secondary N) is 1. The summed E-state index contributed by atoms with van der Waals surface area (Å²) in [6, 6.07) is 10.3. The largest absolute Gasteiger partial charge is 0.450 e. The Hall–Kier alpha value is -2.48. The molecule has 1 amide bonds. The van der Waals surface area contributed by atoms with Gasteiger partial charge >= 0.3 is 12.3 Å². The van der Waals surface area contributed by atoms with Gasteiger partial charge in [0.05, 0.1) is 12.2 Å². The van der Waals surface area contributed by atoms with Crippen molar-refractivity contribution in [3.05, 3.63) is 69.3 Å². The molecular formula is C21H18BrF3N2O2. The lowest BCUT2D eigenvalue weighted by Crippen LogP contribution is -2.41. The lowest BCUT2D eigenvalue weighted by atomic mass is 9.92. The average Bonchev–Trinajstić information content (AvgIpc) is 3.04. The average molecular weight is 467 g/mol. The Morgan fingerprint density at radius 1 is 1.24 bits per heavy atom. The summed E-state index contributed by atoms with van der Waals surface area (Å²) in [6.07, 6.45) is -4.27. The molecule has 0 saturated carbocycles. The van der Waals surface area contributed by atoms with E-state index < -0.39 is 23.9 Å². The molecule has 152 valence electrons. The number of halogens is 4. The molecule has 4 nitrogen and oxygen atoms in total. The van der Waals surface area contributed by atoms with Crippen molar-refractivity contribution in [1.82, 2.24) is 9.88 Å². The third kappa shape index (κ3) is 3.61. The summed E-state index contributed by atoms with van der Waals surface area (Å²) in [4.78, 5) is 17.5. The first-order valence-electron chi connectivity index (χ1n) is 9.20. The molecular weight excluding hydrogens is 449 g/mol. The van der Waals surface area contributed by atoms with Gasteiger partial charge in [0.25, 0.3) is 0 Å². The van der Waals surface area contributed by atoms with Crippen LogP contribution in [-0.2, 0) is 17.3 Å². The molecule has 1 aliphatic heterocycles. The third-order valence-electron chi connectivity index (χ3n) is 5.15. The van der Waals surface area contributed by atoms with Crippen LogP contribution in [0.2, 0.25) is 0 Å². The maximum absolute atomic E-state index is 13.0. The van der Waals surface area contributed by atoms with E-state index in [2.05, 4.69) is 20.9 Å². The van der Waals surface area contributed by atoms with Crippen molar-refractivity contribution in [1.29, 1.82) is 0 Å². The van der Waals surface area contributed by atoms with E-state index in [-0.39, 0.29) is 6.61 Å². The standard InChI is InChI=1S/C21H18BrF3N2O2/c1-2-29-20(28)27-10-9-15-16-11-14(22)7-8-17(16)26-18(15)19(27)12-3-5-13(6-4-12)21(23,24)25/h3-8,11,19,26H,2,9-10H2,1H3. The molecule has 29 heavy (non-hydrogen) atoms. The van der Waals surface area contributed by atoms with Crippen molar-refractivity contribution >= 4 is 32.9 Å². The predicted molar refractivity (Wildman–Crippen MR) is 107 cm³/mol. The van der Waals surface area contributed by atoms with Crippen LogP contribution in [-0.4, -0.2) is 29.1 Å². The number of carbonyl (C=O) groups excluding carboxylic acids is 1. The molecule has 1 aliphatic rings. The molecule has 1 atom stereocenters. The number of aromatic amines is 1. The van der Waals surface area contributed by atoms with Crippen LogP contribution in [0.1, 0.15) is 35.3 Å². The molecule has 1 unspecified atom stereocenters. The molecule has 0 radical (unpaired) electrons. The van der Waals surface area contributed by atoms with Gasteiger partial charge in [0, 0.05) is 27.6 Å². The molecule has 8 heteroatoms. The Bertz CT molecular complexity index is 1060. The van der Waals surface area contributed by atoms with Crippen LogP contribution in [0.15, 0.2) is 46.9 Å². The highest BCUT2D eigenvalue weighted by Crippen LogP contribution is 2.40. The number of hydrogen-bond donors (Lipinski definition) is 1. The van der Waals surface area contributed by atoms with Crippen LogP contribution in [0.25, 0.3) is 10.9 Å². The summed E-state index contributed by atoms with van der Waals surface area (Å²) < 4.78 is 45.1. The molecule has 0 bridgehead atoms. The number of amides is 1. The number of ether oxygens (including phenoxy) is 1. The van der Waals surface area contributed by atoms with E-state index in [1.165, 1.54) is 12.1 Å². The van der Waals surface area contributed by atoms with Gasteiger partial charge in [0.2, 0.25) is 0 Å². The molecule has 0 fully saturated rings. The summed E-state index contributed by atoms with van der Waals surface area (Å²) in [6.45, 7) is 2.36. The minimum Gasteiger partial charge on any atom is -0.450 e. The minimum atomic E-state index is -4.41. The zero-order valence-corrected chi connectivity index (χ0v) is 17.1. The lowest BCUT2D eigenvalue weighted by molar-refractivity contribution is -0.137. The normalized spacial score (nSPS) is 16.7. The Kier molecular flexibility index (Phi) is 5.06. The van der Waals surface area contributed by atoms with E-state index in [9.17, 15) is 18.0 Å². The van der Waals surface area contributed by atoms with Gasteiger partial charge in [0.15, 0.2) is 0 Å². The van der Waals surface area contributed by atoms with E-state index >= 15 is 0 Å². The van der Waals surface area contributed by atoms with Crippen LogP contribution in [0.3, 0.4) is 0 Å². The molecule has 2 aromatic carbocycles. The molecule has 4 rings (SSSR count). The smallest absolute Gasteiger partial charge is 0.416 e. The van der Waals surface area contributed by atoms with Gasteiger partial charge in [0.1, 0.15) is 6.04 Å². The fourth-order valence-electron chi connectivity index (χ4n) is 3.86. The third-order valence-corrected chi connectivity index (χ3v) is 5.64. The van der Waals surface area contributed by atoms with Gasteiger partial charge in [-0.25, -0.2) is 4.79 Å². The van der Waals surface area contributed by atoms with E-state index in [0.29, 0.717) is 18.5 Å². The summed E-state index contributed by atoms with van der Waals surface area (Å²) in [7, 11) is 0.